The van der Waals surface area contributed by atoms with Crippen LogP contribution in [0.3, 0.4) is 0 Å². The van der Waals surface area contributed by atoms with E-state index in [9.17, 15) is 8.42 Å². The van der Waals surface area contributed by atoms with Gasteiger partial charge in [-0.2, -0.15) is 12.7 Å². The van der Waals surface area contributed by atoms with E-state index in [0.717, 1.165) is 38.3 Å². The molecule has 0 aromatic carbocycles. The number of hydrogen-bond donors (Lipinski definition) is 2. The molecule has 0 amide bonds. The van der Waals surface area contributed by atoms with E-state index in [-0.39, 0.29) is 0 Å². The normalized spacial score (nSPS) is 25.6. The fourth-order valence-electron chi connectivity index (χ4n) is 3.03. The van der Waals surface area contributed by atoms with Crippen molar-refractivity contribution in [1.82, 2.24) is 14.3 Å². The molecule has 0 spiro atoms. The van der Waals surface area contributed by atoms with Gasteiger partial charge >= 0.3 is 0 Å². The van der Waals surface area contributed by atoms with Crippen molar-refractivity contribution in [2.75, 3.05) is 32.7 Å². The van der Waals surface area contributed by atoms with Crippen LogP contribution < -0.4 is 10.0 Å². The zero-order valence-corrected chi connectivity index (χ0v) is 13.4. The molecule has 1 heterocycles. The van der Waals surface area contributed by atoms with E-state index < -0.39 is 10.2 Å². The predicted octanol–water partition coefficient (Wildman–Crippen LogP) is 1.33. The number of hydrogen-bond acceptors (Lipinski definition) is 3. The Balaban J connectivity index is 1.75. The Morgan fingerprint density at radius 1 is 1.15 bits per heavy atom. The van der Waals surface area contributed by atoms with E-state index in [1.807, 2.05) is 0 Å². The molecule has 1 saturated carbocycles. The molecule has 2 N–H and O–H groups in total. The largest absolute Gasteiger partial charge is 0.317 e. The van der Waals surface area contributed by atoms with Crippen LogP contribution in [0.1, 0.15) is 45.4 Å². The summed E-state index contributed by atoms with van der Waals surface area (Å²) in [5.74, 6) is 1.20. The van der Waals surface area contributed by atoms with E-state index in [0.29, 0.717) is 25.6 Å². The fourth-order valence-corrected chi connectivity index (χ4v) is 4.36. The van der Waals surface area contributed by atoms with Crippen LogP contribution in [0.2, 0.25) is 0 Å². The van der Waals surface area contributed by atoms with Gasteiger partial charge in [0.2, 0.25) is 0 Å². The van der Waals surface area contributed by atoms with Gasteiger partial charge < -0.3 is 5.32 Å². The minimum absolute atomic E-state index is 0.451. The van der Waals surface area contributed by atoms with Gasteiger partial charge in [-0.3, -0.25) is 0 Å². The molecular formula is C14H29N3O2S. The highest BCUT2D eigenvalue weighted by molar-refractivity contribution is 7.87. The summed E-state index contributed by atoms with van der Waals surface area (Å²) in [5, 5.41) is 3.32. The van der Waals surface area contributed by atoms with Crippen LogP contribution in [0.25, 0.3) is 0 Å². The monoisotopic (exact) mass is 303 g/mol. The van der Waals surface area contributed by atoms with Crippen molar-refractivity contribution in [1.29, 1.82) is 0 Å². The lowest BCUT2D eigenvalue weighted by Crippen LogP contribution is -2.48. The Hall–Kier alpha value is -0.170. The fraction of sp³-hybridized carbons (Fsp3) is 1.00. The van der Waals surface area contributed by atoms with Crippen molar-refractivity contribution in [3.63, 3.8) is 0 Å². The summed E-state index contributed by atoms with van der Waals surface area (Å²) in [6.45, 7) is 5.88. The third kappa shape index (κ3) is 4.69. The molecule has 1 aliphatic carbocycles. The molecule has 0 aromatic rings. The summed E-state index contributed by atoms with van der Waals surface area (Å²) in [6.07, 6.45) is 6.95. The first kappa shape index (κ1) is 16.2. The van der Waals surface area contributed by atoms with Crippen molar-refractivity contribution < 1.29 is 8.42 Å². The second-order valence-corrected chi connectivity index (χ2v) is 7.91. The van der Waals surface area contributed by atoms with Gasteiger partial charge in [0.1, 0.15) is 0 Å². The van der Waals surface area contributed by atoms with Crippen molar-refractivity contribution in [3.05, 3.63) is 0 Å². The van der Waals surface area contributed by atoms with Crippen LogP contribution in [0.4, 0.5) is 0 Å². The van der Waals surface area contributed by atoms with E-state index in [2.05, 4.69) is 17.0 Å². The quantitative estimate of drug-likeness (QED) is 0.711. The van der Waals surface area contributed by atoms with Crippen LogP contribution in [-0.4, -0.2) is 45.4 Å². The summed E-state index contributed by atoms with van der Waals surface area (Å²) in [7, 11) is -3.27. The number of nitrogens with one attached hydrogen (secondary N) is 2. The Morgan fingerprint density at radius 3 is 2.55 bits per heavy atom. The first-order chi connectivity index (χ1) is 9.62. The zero-order chi connectivity index (χ0) is 14.4. The molecule has 0 radical (unpaired) electrons. The topological polar surface area (TPSA) is 61.4 Å². The molecule has 2 fully saturated rings. The number of nitrogens with zero attached hydrogens (tertiary/aromatic N) is 1. The highest BCUT2D eigenvalue weighted by atomic mass is 32.2. The molecule has 2 rings (SSSR count). The van der Waals surface area contributed by atoms with Crippen molar-refractivity contribution >= 4 is 10.2 Å². The lowest BCUT2D eigenvalue weighted by Gasteiger charge is -2.32. The maximum absolute atomic E-state index is 12.3. The Kier molecular flexibility index (Phi) is 6.26. The molecule has 2 aliphatic rings. The summed E-state index contributed by atoms with van der Waals surface area (Å²) >= 11 is 0. The molecule has 0 aromatic heterocycles. The van der Waals surface area contributed by atoms with Gasteiger partial charge in [0.15, 0.2) is 0 Å². The molecule has 0 bridgehead atoms. The van der Waals surface area contributed by atoms with Gasteiger partial charge in [-0.1, -0.05) is 26.2 Å². The van der Waals surface area contributed by atoms with Crippen LogP contribution in [0.15, 0.2) is 0 Å². The first-order valence-electron chi connectivity index (χ1n) is 8.07. The summed E-state index contributed by atoms with van der Waals surface area (Å²) in [4.78, 5) is 0. The SMILES string of the molecule is CCNCC1CCCN(S(=O)(=O)NCCC2CCC2)C1. The molecule has 1 saturated heterocycles. The van der Waals surface area contributed by atoms with Gasteiger partial charge in [-0.05, 0) is 44.2 Å². The van der Waals surface area contributed by atoms with Gasteiger partial charge in [0, 0.05) is 19.6 Å². The average Bonchev–Trinajstić information content (AvgIpc) is 2.39. The molecule has 1 atom stereocenters. The van der Waals surface area contributed by atoms with Gasteiger partial charge in [-0.25, -0.2) is 4.72 Å². The molecule has 5 nitrogen and oxygen atoms in total. The van der Waals surface area contributed by atoms with E-state index in [1.165, 1.54) is 19.3 Å². The molecule has 1 aliphatic heterocycles. The summed E-state index contributed by atoms with van der Waals surface area (Å²) in [6, 6.07) is 0. The maximum Gasteiger partial charge on any atom is 0.279 e. The highest BCUT2D eigenvalue weighted by Crippen LogP contribution is 2.28. The minimum atomic E-state index is -3.27. The van der Waals surface area contributed by atoms with Crippen molar-refractivity contribution in [3.8, 4) is 0 Å². The Morgan fingerprint density at radius 2 is 1.90 bits per heavy atom. The second-order valence-electron chi connectivity index (χ2n) is 6.16. The van der Waals surface area contributed by atoms with Crippen molar-refractivity contribution in [2.45, 2.75) is 45.4 Å². The molecule has 6 heteroatoms. The molecule has 118 valence electrons. The lowest BCUT2D eigenvalue weighted by molar-refractivity contribution is 0.256. The Labute approximate surface area is 123 Å². The third-order valence-electron chi connectivity index (χ3n) is 4.57. The lowest BCUT2D eigenvalue weighted by atomic mass is 9.83. The summed E-state index contributed by atoms with van der Waals surface area (Å²) in [5.41, 5.74) is 0. The van der Waals surface area contributed by atoms with E-state index >= 15 is 0 Å². The molecule has 1 unspecified atom stereocenters. The van der Waals surface area contributed by atoms with Crippen LogP contribution in [0, 0.1) is 11.8 Å². The minimum Gasteiger partial charge on any atom is -0.317 e. The second kappa shape index (κ2) is 7.73. The van der Waals surface area contributed by atoms with Crippen LogP contribution in [-0.2, 0) is 10.2 Å². The standard InChI is InChI=1S/C14H29N3O2S/c1-2-15-11-14-7-4-10-17(12-14)20(18,19)16-9-8-13-5-3-6-13/h13-16H,2-12H2,1H3. The van der Waals surface area contributed by atoms with Crippen molar-refractivity contribution in [2.24, 2.45) is 11.8 Å². The zero-order valence-electron chi connectivity index (χ0n) is 12.6. The van der Waals surface area contributed by atoms with Gasteiger partial charge in [0.25, 0.3) is 10.2 Å². The van der Waals surface area contributed by atoms with Gasteiger partial charge in [0.05, 0.1) is 0 Å². The molecule has 20 heavy (non-hydrogen) atoms. The maximum atomic E-state index is 12.3. The predicted molar refractivity (Wildman–Crippen MR) is 81.7 cm³/mol. The highest BCUT2D eigenvalue weighted by Gasteiger charge is 2.28. The molecular weight excluding hydrogens is 274 g/mol. The van der Waals surface area contributed by atoms with Crippen LogP contribution >= 0.6 is 0 Å². The summed E-state index contributed by atoms with van der Waals surface area (Å²) < 4.78 is 29.0. The Bertz CT molecular complexity index is 382. The average molecular weight is 303 g/mol. The van der Waals surface area contributed by atoms with Crippen LogP contribution in [0.5, 0.6) is 0 Å². The first-order valence-corrected chi connectivity index (χ1v) is 9.51. The van der Waals surface area contributed by atoms with Gasteiger partial charge in [-0.15, -0.1) is 0 Å². The number of piperidine rings is 1. The smallest absolute Gasteiger partial charge is 0.279 e. The third-order valence-corrected chi connectivity index (χ3v) is 6.15. The van der Waals surface area contributed by atoms with E-state index in [4.69, 9.17) is 0 Å². The van der Waals surface area contributed by atoms with E-state index in [1.54, 1.807) is 4.31 Å². The number of rotatable bonds is 8.